The van der Waals surface area contributed by atoms with E-state index in [0.717, 1.165) is 56.0 Å². The number of halogens is 1. The van der Waals surface area contributed by atoms with Gasteiger partial charge in [-0.05, 0) is 63.9 Å². The molecule has 0 spiro atoms. The Morgan fingerprint density at radius 2 is 1.96 bits per heavy atom. The third-order valence-electron chi connectivity index (χ3n) is 4.40. The number of aryl methyl sites for hydroxylation is 1. The second-order valence-corrected chi connectivity index (χ2v) is 6.22. The van der Waals surface area contributed by atoms with Crippen molar-refractivity contribution in [1.82, 2.24) is 4.90 Å². The van der Waals surface area contributed by atoms with Gasteiger partial charge in [0, 0.05) is 6.54 Å². The SMILES string of the molecule is CCOC(=O)C1CCN(CCCOc2ccc(C)cc2OC)CC1.Cl. The maximum atomic E-state index is 11.7. The van der Waals surface area contributed by atoms with Crippen molar-refractivity contribution in [2.75, 3.05) is 40.0 Å². The van der Waals surface area contributed by atoms with Crippen molar-refractivity contribution >= 4 is 18.4 Å². The Morgan fingerprint density at radius 3 is 2.60 bits per heavy atom. The van der Waals surface area contributed by atoms with E-state index < -0.39 is 0 Å². The summed E-state index contributed by atoms with van der Waals surface area (Å²) in [7, 11) is 1.66. The van der Waals surface area contributed by atoms with Gasteiger partial charge >= 0.3 is 5.97 Å². The largest absolute Gasteiger partial charge is 0.493 e. The normalized spacial score (nSPS) is 15.3. The van der Waals surface area contributed by atoms with Crippen molar-refractivity contribution in [3.63, 3.8) is 0 Å². The number of benzene rings is 1. The number of ether oxygens (including phenoxy) is 3. The Kier molecular flexibility index (Phi) is 9.68. The molecule has 1 aromatic rings. The van der Waals surface area contributed by atoms with Gasteiger partial charge in [-0.25, -0.2) is 0 Å². The van der Waals surface area contributed by atoms with E-state index in [1.807, 2.05) is 32.0 Å². The van der Waals surface area contributed by atoms with Gasteiger partial charge in [-0.15, -0.1) is 12.4 Å². The lowest BCUT2D eigenvalue weighted by atomic mass is 9.97. The van der Waals surface area contributed by atoms with Gasteiger partial charge in [0.25, 0.3) is 0 Å². The molecule has 2 rings (SSSR count). The molecule has 1 aliphatic heterocycles. The molecular weight excluding hydrogens is 342 g/mol. The Morgan fingerprint density at radius 1 is 1.24 bits per heavy atom. The quantitative estimate of drug-likeness (QED) is 0.517. The molecule has 0 bridgehead atoms. The van der Waals surface area contributed by atoms with Crippen LogP contribution in [-0.2, 0) is 9.53 Å². The summed E-state index contributed by atoms with van der Waals surface area (Å²) in [6.07, 6.45) is 2.75. The molecule has 1 fully saturated rings. The van der Waals surface area contributed by atoms with E-state index >= 15 is 0 Å². The number of nitrogens with zero attached hydrogens (tertiary/aromatic N) is 1. The molecule has 0 unspecified atom stereocenters. The van der Waals surface area contributed by atoms with Crippen molar-refractivity contribution in [3.8, 4) is 11.5 Å². The molecule has 0 radical (unpaired) electrons. The van der Waals surface area contributed by atoms with Gasteiger partial charge in [0.2, 0.25) is 0 Å². The van der Waals surface area contributed by atoms with Gasteiger partial charge in [0.1, 0.15) is 0 Å². The van der Waals surface area contributed by atoms with Gasteiger partial charge in [0.05, 0.1) is 26.2 Å². The monoisotopic (exact) mass is 371 g/mol. The molecule has 0 N–H and O–H groups in total. The summed E-state index contributed by atoms with van der Waals surface area (Å²) < 4.78 is 16.3. The number of hydrogen-bond donors (Lipinski definition) is 0. The fraction of sp³-hybridized carbons (Fsp3) is 0.632. The zero-order valence-corrected chi connectivity index (χ0v) is 16.3. The fourth-order valence-electron chi connectivity index (χ4n) is 3.02. The van der Waals surface area contributed by atoms with Crippen molar-refractivity contribution < 1.29 is 19.0 Å². The molecule has 0 saturated carbocycles. The minimum Gasteiger partial charge on any atom is -0.493 e. The van der Waals surface area contributed by atoms with Crippen LogP contribution in [0.1, 0.15) is 31.7 Å². The summed E-state index contributed by atoms with van der Waals surface area (Å²) in [6, 6.07) is 5.96. The molecule has 0 aliphatic carbocycles. The average Bonchev–Trinajstić information content (AvgIpc) is 2.60. The van der Waals surface area contributed by atoms with Crippen LogP contribution in [0.25, 0.3) is 0 Å². The Balaban J connectivity index is 0.00000312. The number of likely N-dealkylation sites (tertiary alicyclic amines) is 1. The molecule has 0 atom stereocenters. The number of carbonyl (C=O) groups excluding carboxylic acids is 1. The van der Waals surface area contributed by atoms with Crippen LogP contribution in [-0.4, -0.2) is 50.8 Å². The maximum absolute atomic E-state index is 11.7. The van der Waals surface area contributed by atoms with Crippen molar-refractivity contribution in [3.05, 3.63) is 23.8 Å². The van der Waals surface area contributed by atoms with Crippen molar-refractivity contribution in [1.29, 1.82) is 0 Å². The number of hydrogen-bond acceptors (Lipinski definition) is 5. The molecule has 25 heavy (non-hydrogen) atoms. The Hall–Kier alpha value is -1.46. The molecule has 0 aromatic heterocycles. The first-order valence-electron chi connectivity index (χ1n) is 8.80. The van der Waals surface area contributed by atoms with E-state index in [2.05, 4.69) is 4.90 Å². The number of esters is 1. The minimum absolute atomic E-state index is 0. The van der Waals surface area contributed by atoms with Gasteiger partial charge in [0.15, 0.2) is 11.5 Å². The first-order chi connectivity index (χ1) is 11.6. The molecule has 1 saturated heterocycles. The summed E-state index contributed by atoms with van der Waals surface area (Å²) in [5.74, 6) is 1.62. The second-order valence-electron chi connectivity index (χ2n) is 6.22. The zero-order chi connectivity index (χ0) is 17.4. The third kappa shape index (κ3) is 6.75. The molecule has 1 heterocycles. The summed E-state index contributed by atoms with van der Waals surface area (Å²) in [5.41, 5.74) is 1.16. The predicted molar refractivity (Wildman–Crippen MR) is 101 cm³/mol. The van der Waals surface area contributed by atoms with Crippen LogP contribution in [0, 0.1) is 12.8 Å². The predicted octanol–water partition coefficient (Wildman–Crippen LogP) is 3.47. The maximum Gasteiger partial charge on any atom is 0.309 e. The van der Waals surface area contributed by atoms with Crippen LogP contribution < -0.4 is 9.47 Å². The Labute approximate surface area is 157 Å². The number of methoxy groups -OCH3 is 1. The van der Waals surface area contributed by atoms with E-state index in [1.54, 1.807) is 7.11 Å². The molecular formula is C19H30ClNO4. The van der Waals surface area contributed by atoms with Gasteiger partial charge in [-0.2, -0.15) is 0 Å². The summed E-state index contributed by atoms with van der Waals surface area (Å²) in [4.78, 5) is 14.1. The highest BCUT2D eigenvalue weighted by Crippen LogP contribution is 2.27. The highest BCUT2D eigenvalue weighted by atomic mass is 35.5. The van der Waals surface area contributed by atoms with Gasteiger partial charge < -0.3 is 19.1 Å². The molecule has 1 aliphatic rings. The van der Waals surface area contributed by atoms with E-state index in [4.69, 9.17) is 14.2 Å². The first kappa shape index (κ1) is 21.6. The number of piperidine rings is 1. The lowest BCUT2D eigenvalue weighted by Gasteiger charge is -2.30. The van der Waals surface area contributed by atoms with E-state index in [1.165, 1.54) is 0 Å². The van der Waals surface area contributed by atoms with Gasteiger partial charge in [-0.1, -0.05) is 6.07 Å². The smallest absolute Gasteiger partial charge is 0.309 e. The highest BCUT2D eigenvalue weighted by molar-refractivity contribution is 5.85. The van der Waals surface area contributed by atoms with Crippen LogP contribution >= 0.6 is 12.4 Å². The topological polar surface area (TPSA) is 48.0 Å². The van der Waals surface area contributed by atoms with Crippen LogP contribution in [0.4, 0.5) is 0 Å². The van der Waals surface area contributed by atoms with Crippen LogP contribution in [0.3, 0.4) is 0 Å². The van der Waals surface area contributed by atoms with Crippen LogP contribution in [0.2, 0.25) is 0 Å². The molecule has 6 heteroatoms. The molecule has 0 amide bonds. The molecule has 1 aromatic carbocycles. The average molecular weight is 372 g/mol. The van der Waals surface area contributed by atoms with Crippen molar-refractivity contribution in [2.45, 2.75) is 33.1 Å². The molecule has 5 nitrogen and oxygen atoms in total. The van der Waals surface area contributed by atoms with Gasteiger partial charge in [-0.3, -0.25) is 4.79 Å². The molecule has 142 valence electrons. The van der Waals surface area contributed by atoms with E-state index in [9.17, 15) is 4.79 Å². The number of carbonyl (C=O) groups is 1. The van der Waals surface area contributed by atoms with E-state index in [-0.39, 0.29) is 24.3 Å². The lowest BCUT2D eigenvalue weighted by molar-refractivity contribution is -0.149. The second kappa shape index (κ2) is 11.2. The minimum atomic E-state index is -0.0352. The number of rotatable bonds is 8. The van der Waals surface area contributed by atoms with Crippen molar-refractivity contribution in [2.24, 2.45) is 5.92 Å². The first-order valence-corrected chi connectivity index (χ1v) is 8.80. The standard InChI is InChI=1S/C19H29NO4.ClH/c1-4-23-19(21)16-8-11-20(12-9-16)10-5-13-24-17-7-6-15(2)14-18(17)22-3;/h6-7,14,16H,4-5,8-13H2,1-3H3;1H. The summed E-state index contributed by atoms with van der Waals surface area (Å²) in [6.45, 7) is 7.93. The third-order valence-corrected chi connectivity index (χ3v) is 4.40. The van der Waals surface area contributed by atoms with Crippen LogP contribution in [0.5, 0.6) is 11.5 Å². The highest BCUT2D eigenvalue weighted by Gasteiger charge is 2.25. The van der Waals surface area contributed by atoms with E-state index in [0.29, 0.717) is 13.2 Å². The summed E-state index contributed by atoms with van der Waals surface area (Å²) in [5, 5.41) is 0. The fourth-order valence-corrected chi connectivity index (χ4v) is 3.02. The lowest BCUT2D eigenvalue weighted by Crippen LogP contribution is -2.37. The Bertz CT molecular complexity index is 530. The van der Waals surface area contributed by atoms with Crippen LogP contribution in [0.15, 0.2) is 18.2 Å². The zero-order valence-electron chi connectivity index (χ0n) is 15.5. The summed E-state index contributed by atoms with van der Waals surface area (Å²) >= 11 is 0.